The molecule has 0 amide bonds. The first-order valence-electron chi connectivity index (χ1n) is 9.06. The highest BCUT2D eigenvalue weighted by Gasteiger charge is 2.14. The van der Waals surface area contributed by atoms with Gasteiger partial charge < -0.3 is 9.47 Å². The second-order valence-electron chi connectivity index (χ2n) is 6.72. The highest BCUT2D eigenvalue weighted by molar-refractivity contribution is 6.17. The van der Waals surface area contributed by atoms with Crippen LogP contribution in [-0.4, -0.2) is 31.1 Å². The second-order valence-corrected chi connectivity index (χ2v) is 6.72. The number of hydrogen-bond donors (Lipinski definition) is 0. The SMILES string of the molecule is CC(=CCOC1CCCCO1)CCC=C(C)CC1=CC(=O)C=CC1=O. The summed E-state index contributed by atoms with van der Waals surface area (Å²) in [4.78, 5) is 23.1. The van der Waals surface area contributed by atoms with Crippen LogP contribution in [0.25, 0.3) is 0 Å². The third kappa shape index (κ3) is 7.32. The fourth-order valence-electron chi connectivity index (χ4n) is 2.86. The van der Waals surface area contributed by atoms with Crippen molar-refractivity contribution < 1.29 is 19.1 Å². The first-order chi connectivity index (χ1) is 12.0. The third-order valence-electron chi connectivity index (χ3n) is 4.38. The monoisotopic (exact) mass is 344 g/mol. The molecule has 136 valence electrons. The Bertz CT molecular complexity index is 601. The van der Waals surface area contributed by atoms with Gasteiger partial charge in [-0.25, -0.2) is 0 Å². The van der Waals surface area contributed by atoms with Crippen molar-refractivity contribution in [3.63, 3.8) is 0 Å². The van der Waals surface area contributed by atoms with Gasteiger partial charge in [0, 0.05) is 12.2 Å². The van der Waals surface area contributed by atoms with Crippen molar-refractivity contribution in [2.45, 2.75) is 58.7 Å². The first-order valence-corrected chi connectivity index (χ1v) is 9.06. The molecule has 1 unspecified atom stereocenters. The van der Waals surface area contributed by atoms with Crippen LogP contribution in [0.5, 0.6) is 0 Å². The van der Waals surface area contributed by atoms with Crippen molar-refractivity contribution in [3.8, 4) is 0 Å². The number of ketones is 2. The molecule has 1 atom stereocenters. The summed E-state index contributed by atoms with van der Waals surface area (Å²) in [5, 5.41) is 0. The van der Waals surface area contributed by atoms with Crippen molar-refractivity contribution in [3.05, 3.63) is 47.1 Å². The summed E-state index contributed by atoms with van der Waals surface area (Å²) in [7, 11) is 0. The van der Waals surface area contributed by atoms with E-state index in [1.54, 1.807) is 0 Å². The summed E-state index contributed by atoms with van der Waals surface area (Å²) >= 11 is 0. The molecule has 4 nitrogen and oxygen atoms in total. The molecule has 0 radical (unpaired) electrons. The van der Waals surface area contributed by atoms with Gasteiger partial charge in [-0.15, -0.1) is 0 Å². The molecule has 0 N–H and O–H groups in total. The van der Waals surface area contributed by atoms with Gasteiger partial charge in [-0.05, 0) is 70.6 Å². The average molecular weight is 344 g/mol. The molecular weight excluding hydrogens is 316 g/mol. The van der Waals surface area contributed by atoms with Gasteiger partial charge in [0.15, 0.2) is 17.9 Å². The molecule has 1 aliphatic heterocycles. The van der Waals surface area contributed by atoms with Crippen LogP contribution in [0.4, 0.5) is 0 Å². The standard InChI is InChI=1S/C21H28O4/c1-16(11-13-25-21-8-3-4-12-24-21)6-5-7-17(2)14-18-15-19(22)9-10-20(18)23/h7,9-11,15,21H,3-6,8,12-14H2,1-2H3. The van der Waals surface area contributed by atoms with E-state index in [4.69, 9.17) is 9.47 Å². The smallest absolute Gasteiger partial charge is 0.182 e. The Morgan fingerprint density at radius 3 is 2.80 bits per heavy atom. The average Bonchev–Trinajstić information content (AvgIpc) is 2.59. The van der Waals surface area contributed by atoms with Gasteiger partial charge in [-0.1, -0.05) is 23.3 Å². The van der Waals surface area contributed by atoms with Gasteiger partial charge >= 0.3 is 0 Å². The normalized spacial score (nSPS) is 22.3. The molecule has 0 aromatic rings. The van der Waals surface area contributed by atoms with E-state index in [2.05, 4.69) is 19.1 Å². The lowest BCUT2D eigenvalue weighted by atomic mass is 9.96. The molecule has 0 saturated carbocycles. The van der Waals surface area contributed by atoms with Crippen LogP contribution in [0.1, 0.15) is 52.4 Å². The van der Waals surface area contributed by atoms with Gasteiger partial charge in [-0.2, -0.15) is 0 Å². The summed E-state index contributed by atoms with van der Waals surface area (Å²) < 4.78 is 11.2. The highest BCUT2D eigenvalue weighted by Crippen LogP contribution is 2.17. The molecule has 1 saturated heterocycles. The Balaban J connectivity index is 1.69. The zero-order valence-electron chi connectivity index (χ0n) is 15.3. The van der Waals surface area contributed by atoms with E-state index in [0.29, 0.717) is 18.6 Å². The summed E-state index contributed by atoms with van der Waals surface area (Å²) in [5.41, 5.74) is 2.97. The molecule has 2 aliphatic rings. The molecule has 1 aliphatic carbocycles. The van der Waals surface area contributed by atoms with Gasteiger partial charge in [-0.3, -0.25) is 9.59 Å². The largest absolute Gasteiger partial charge is 0.353 e. The number of carbonyl (C=O) groups is 2. The maximum absolute atomic E-state index is 11.7. The molecular formula is C21H28O4. The molecule has 0 spiro atoms. The second kappa shape index (κ2) is 10.3. The molecule has 0 aromatic heterocycles. The molecule has 0 aromatic carbocycles. The third-order valence-corrected chi connectivity index (χ3v) is 4.38. The van der Waals surface area contributed by atoms with E-state index in [-0.39, 0.29) is 17.9 Å². The van der Waals surface area contributed by atoms with Crippen LogP contribution in [0.15, 0.2) is 47.1 Å². The first kappa shape index (κ1) is 19.5. The van der Waals surface area contributed by atoms with Crippen molar-refractivity contribution in [2.75, 3.05) is 13.2 Å². The summed E-state index contributed by atoms with van der Waals surface area (Å²) in [5.74, 6) is -0.173. The van der Waals surface area contributed by atoms with E-state index in [1.165, 1.54) is 30.2 Å². The Hall–Kier alpha value is -1.78. The summed E-state index contributed by atoms with van der Waals surface area (Å²) in [6, 6.07) is 0. The maximum Gasteiger partial charge on any atom is 0.182 e. The quantitative estimate of drug-likeness (QED) is 0.488. The number of allylic oxidation sites excluding steroid dienone is 7. The fraction of sp³-hybridized carbons (Fsp3) is 0.524. The van der Waals surface area contributed by atoms with E-state index in [0.717, 1.165) is 37.9 Å². The minimum Gasteiger partial charge on any atom is -0.353 e. The Kier molecular flexibility index (Phi) is 8.02. The van der Waals surface area contributed by atoms with E-state index < -0.39 is 0 Å². The van der Waals surface area contributed by atoms with Crippen LogP contribution in [0.2, 0.25) is 0 Å². The lowest BCUT2D eigenvalue weighted by Gasteiger charge is -2.22. The van der Waals surface area contributed by atoms with Crippen LogP contribution >= 0.6 is 0 Å². The van der Waals surface area contributed by atoms with Crippen molar-refractivity contribution >= 4 is 11.6 Å². The molecule has 0 bridgehead atoms. The van der Waals surface area contributed by atoms with Crippen molar-refractivity contribution in [1.29, 1.82) is 0 Å². The Morgan fingerprint density at radius 1 is 1.20 bits per heavy atom. The maximum atomic E-state index is 11.7. The van der Waals surface area contributed by atoms with Crippen LogP contribution in [0, 0.1) is 0 Å². The minimum atomic E-state index is -0.108. The van der Waals surface area contributed by atoms with Gasteiger partial charge in [0.2, 0.25) is 0 Å². The Labute approximate surface area is 150 Å². The summed E-state index contributed by atoms with van der Waals surface area (Å²) in [6.07, 6.45) is 14.0. The van der Waals surface area contributed by atoms with Gasteiger partial charge in [0.25, 0.3) is 0 Å². The van der Waals surface area contributed by atoms with E-state index >= 15 is 0 Å². The number of hydrogen-bond acceptors (Lipinski definition) is 4. The van der Waals surface area contributed by atoms with Crippen molar-refractivity contribution in [2.24, 2.45) is 0 Å². The molecule has 1 fully saturated rings. The molecule has 25 heavy (non-hydrogen) atoms. The van der Waals surface area contributed by atoms with Crippen LogP contribution in [0.3, 0.4) is 0 Å². The van der Waals surface area contributed by atoms with Crippen molar-refractivity contribution in [1.82, 2.24) is 0 Å². The lowest BCUT2D eigenvalue weighted by Crippen LogP contribution is -2.22. The van der Waals surface area contributed by atoms with E-state index in [9.17, 15) is 9.59 Å². The topological polar surface area (TPSA) is 52.6 Å². The molecule has 2 rings (SSSR count). The predicted octanol–water partition coefficient (Wildman–Crippen LogP) is 4.23. The van der Waals surface area contributed by atoms with Gasteiger partial charge in [0.1, 0.15) is 0 Å². The zero-order valence-corrected chi connectivity index (χ0v) is 15.3. The fourth-order valence-corrected chi connectivity index (χ4v) is 2.86. The highest BCUT2D eigenvalue weighted by atomic mass is 16.7. The van der Waals surface area contributed by atoms with E-state index in [1.807, 2.05) is 6.92 Å². The number of rotatable bonds is 8. The number of carbonyl (C=O) groups excluding carboxylic acids is 2. The van der Waals surface area contributed by atoms with Crippen LogP contribution < -0.4 is 0 Å². The van der Waals surface area contributed by atoms with Crippen LogP contribution in [-0.2, 0) is 19.1 Å². The molecule has 1 heterocycles. The lowest BCUT2D eigenvalue weighted by molar-refractivity contribution is -0.155. The molecule has 4 heteroatoms. The van der Waals surface area contributed by atoms with Gasteiger partial charge in [0.05, 0.1) is 6.61 Å². The minimum absolute atomic E-state index is 0.0435. The summed E-state index contributed by atoms with van der Waals surface area (Å²) in [6.45, 7) is 5.50. The zero-order chi connectivity index (χ0) is 18.1. The number of ether oxygens (including phenoxy) is 2. The Morgan fingerprint density at radius 2 is 2.04 bits per heavy atom. The predicted molar refractivity (Wildman–Crippen MR) is 98.1 cm³/mol.